The number of Topliss-reactive ketones (excluding diaryl/α,β-unsaturated/α-hetero) is 2. The molecule has 2 unspecified atom stereocenters. The second-order valence-corrected chi connectivity index (χ2v) is 11.5. The normalized spacial score (nSPS) is 11.6. The summed E-state index contributed by atoms with van der Waals surface area (Å²) in [4.78, 5) is 66.4. The number of fused-ring (bicyclic) bond motifs is 2. The maximum Gasteiger partial charge on any atom is 1.00 e. The number of carbonyl (C=O) groups is 4. The van der Waals surface area contributed by atoms with Crippen molar-refractivity contribution in [1.82, 2.24) is 19.9 Å². The molecule has 4 rings (SSSR count). The van der Waals surface area contributed by atoms with E-state index in [4.69, 9.17) is 28.8 Å². The molecule has 0 bridgehead atoms. The summed E-state index contributed by atoms with van der Waals surface area (Å²) in [5.74, 6) is -1.80. The fourth-order valence-electron chi connectivity index (χ4n) is 4.08. The minimum atomic E-state index is -0.962. The molecule has 0 fully saturated rings. The van der Waals surface area contributed by atoms with E-state index < -0.39 is 17.8 Å². The van der Waals surface area contributed by atoms with Crippen LogP contribution in [0.25, 0.3) is 20.7 Å². The number of hydrogen-bond acceptors (Lipinski definition) is 16. The van der Waals surface area contributed by atoms with Gasteiger partial charge in [-0.15, -0.1) is 22.7 Å². The van der Waals surface area contributed by atoms with Gasteiger partial charge in [-0.05, 0) is 25.0 Å². The monoisotopic (exact) mass is 686 g/mol. The summed E-state index contributed by atoms with van der Waals surface area (Å²) in [6.45, 7) is 3.59. The summed E-state index contributed by atoms with van der Waals surface area (Å²) in [5.41, 5.74) is 1.08. The molecule has 0 saturated carbocycles. The van der Waals surface area contributed by atoms with Gasteiger partial charge in [0, 0.05) is 12.8 Å². The molecule has 47 heavy (non-hydrogen) atoms. The van der Waals surface area contributed by atoms with Crippen molar-refractivity contribution in [3.63, 3.8) is 0 Å². The number of carboxylic acid groups (broad SMARTS) is 1. The molecule has 0 aromatic carbocycles. The standard InChI is InChI=1S/C15H18N2O5S.C14H16N2O5S.Li.H2O/c1-5-8(15(19)22-4)6-10(18)11-7-9-14(23-11)17-13(21-3)12(16-9)20-2;1-4-7(14(18)19)5-9(17)10-6-8-13(22-10)16-12(21-3)11(15-8)20-2;;/h7-8H,5-6H2,1-4H3;6-7H,4-5H2,1-3H3,(H,18,19);;1H2/q;;+1;/p-1. The molecule has 0 aliphatic rings. The molecule has 0 amide bonds. The molecule has 15 nitrogen and oxygen atoms in total. The molecule has 0 aliphatic carbocycles. The van der Waals surface area contributed by atoms with E-state index in [9.17, 15) is 19.2 Å². The number of ether oxygens (including phenoxy) is 5. The molecule has 4 aromatic heterocycles. The number of nitrogens with zero attached hydrogens (tertiary/aromatic N) is 4. The molecule has 0 spiro atoms. The van der Waals surface area contributed by atoms with Gasteiger partial charge < -0.3 is 34.3 Å². The average Bonchev–Trinajstić information content (AvgIpc) is 3.67. The molecule has 2 N–H and O–H groups in total. The van der Waals surface area contributed by atoms with Gasteiger partial charge in [-0.25, -0.2) is 9.97 Å². The summed E-state index contributed by atoms with van der Waals surface area (Å²) < 4.78 is 25.1. The Hall–Kier alpha value is -3.88. The largest absolute Gasteiger partial charge is 1.00 e. The van der Waals surface area contributed by atoms with Crippen molar-refractivity contribution in [3.8, 4) is 23.5 Å². The third-order valence-corrected chi connectivity index (χ3v) is 8.78. The Morgan fingerprint density at radius 1 is 0.681 bits per heavy atom. The quantitative estimate of drug-likeness (QED) is 0.113. The topological polar surface area (TPSA) is 216 Å². The maximum atomic E-state index is 12.4. The van der Waals surface area contributed by atoms with Crippen LogP contribution in [-0.2, 0) is 14.3 Å². The van der Waals surface area contributed by atoms with Gasteiger partial charge in [0.2, 0.25) is 0 Å². The third kappa shape index (κ3) is 10.1. The van der Waals surface area contributed by atoms with Crippen LogP contribution in [0.3, 0.4) is 0 Å². The van der Waals surface area contributed by atoms with Gasteiger partial charge >= 0.3 is 30.8 Å². The number of hydrogen-bond donors (Lipinski definition) is 1. The zero-order valence-corrected chi connectivity index (χ0v) is 28.9. The number of aliphatic carboxylic acids is 1. The van der Waals surface area contributed by atoms with Crippen LogP contribution in [-0.4, -0.2) is 89.6 Å². The Bertz CT molecular complexity index is 1610. The first kappa shape index (κ1) is 41.1. The smallest absolute Gasteiger partial charge is 0.870 e. The maximum absolute atomic E-state index is 12.4. The van der Waals surface area contributed by atoms with Crippen LogP contribution in [0.5, 0.6) is 23.5 Å². The molecule has 0 aliphatic heterocycles. The van der Waals surface area contributed by atoms with E-state index in [-0.39, 0.29) is 78.2 Å². The van der Waals surface area contributed by atoms with Crippen molar-refractivity contribution in [3.05, 3.63) is 21.9 Å². The molecule has 4 heterocycles. The number of rotatable bonds is 14. The Kier molecular flexibility index (Phi) is 16.7. The second-order valence-electron chi connectivity index (χ2n) is 9.41. The SMILES string of the molecule is CCC(CC(=O)c1cc2nc(OC)c(OC)nc2s1)C(=O)O.CCC(CC(=O)c1cc2nc(OC)c(OC)nc2s1)C(=O)OC.[Li+].[OH-]. The Balaban J connectivity index is 0.000000451. The number of esters is 1. The predicted molar refractivity (Wildman–Crippen MR) is 168 cm³/mol. The van der Waals surface area contributed by atoms with Gasteiger partial charge in [0.1, 0.15) is 20.7 Å². The van der Waals surface area contributed by atoms with E-state index >= 15 is 0 Å². The van der Waals surface area contributed by atoms with Crippen molar-refractivity contribution in [1.29, 1.82) is 0 Å². The number of thiophene rings is 2. The number of ketones is 2. The predicted octanol–water partition coefficient (Wildman–Crippen LogP) is 1.70. The van der Waals surface area contributed by atoms with E-state index in [0.717, 1.165) is 0 Å². The van der Waals surface area contributed by atoms with Crippen LogP contribution in [0.2, 0.25) is 0 Å². The van der Waals surface area contributed by atoms with Crippen LogP contribution < -0.4 is 37.8 Å². The summed E-state index contributed by atoms with van der Waals surface area (Å²) in [7, 11) is 7.17. The zero-order valence-electron chi connectivity index (χ0n) is 27.3. The van der Waals surface area contributed by atoms with Gasteiger partial charge in [0.15, 0.2) is 11.6 Å². The minimum Gasteiger partial charge on any atom is -0.870 e. The van der Waals surface area contributed by atoms with Crippen LogP contribution in [0, 0.1) is 11.8 Å². The fraction of sp³-hybridized carbons (Fsp3) is 0.448. The average molecular weight is 687 g/mol. The van der Waals surface area contributed by atoms with E-state index in [1.165, 1.54) is 58.2 Å². The van der Waals surface area contributed by atoms with Crippen molar-refractivity contribution in [2.75, 3.05) is 35.5 Å². The first-order valence-electron chi connectivity index (χ1n) is 13.7. The molecule has 0 radical (unpaired) electrons. The summed E-state index contributed by atoms with van der Waals surface area (Å²) in [6.07, 6.45) is 1.02. The zero-order chi connectivity index (χ0) is 33.3. The summed E-state index contributed by atoms with van der Waals surface area (Å²) in [5, 5.41) is 9.04. The first-order chi connectivity index (χ1) is 21.5. The Labute approximate surface area is 290 Å². The fourth-order valence-corrected chi connectivity index (χ4v) is 5.91. The molecule has 4 aromatic rings. The number of methoxy groups -OCH3 is 5. The molecular formula is C29H35LiN4O11S2. The molecule has 250 valence electrons. The second kappa shape index (κ2) is 19.1. The van der Waals surface area contributed by atoms with Gasteiger partial charge in [0.05, 0.1) is 57.1 Å². The van der Waals surface area contributed by atoms with E-state index in [1.807, 2.05) is 6.92 Å². The Morgan fingerprint density at radius 2 is 1.04 bits per heavy atom. The van der Waals surface area contributed by atoms with Crippen molar-refractivity contribution < 1.29 is 72.3 Å². The van der Waals surface area contributed by atoms with Crippen molar-refractivity contribution in [2.24, 2.45) is 11.8 Å². The van der Waals surface area contributed by atoms with Gasteiger partial charge in [0.25, 0.3) is 23.5 Å². The summed E-state index contributed by atoms with van der Waals surface area (Å²) in [6, 6.07) is 3.26. The minimum absolute atomic E-state index is 0. The molecular weight excluding hydrogens is 651 g/mol. The number of aromatic nitrogens is 4. The first-order valence-corrected chi connectivity index (χ1v) is 15.3. The molecule has 0 saturated heterocycles. The van der Waals surface area contributed by atoms with Crippen molar-refractivity contribution in [2.45, 2.75) is 39.5 Å². The Morgan fingerprint density at radius 3 is 1.36 bits per heavy atom. The van der Waals surface area contributed by atoms with Gasteiger partial charge in [-0.3, -0.25) is 19.2 Å². The van der Waals surface area contributed by atoms with E-state index in [0.29, 0.717) is 43.3 Å². The van der Waals surface area contributed by atoms with Gasteiger partial charge in [-0.2, -0.15) is 9.97 Å². The van der Waals surface area contributed by atoms with Crippen LogP contribution >= 0.6 is 22.7 Å². The van der Waals surface area contributed by atoms with Crippen LogP contribution in [0.4, 0.5) is 0 Å². The van der Waals surface area contributed by atoms with Crippen molar-refractivity contribution >= 4 is 66.9 Å². The van der Waals surface area contributed by atoms with E-state index in [1.54, 1.807) is 19.1 Å². The van der Waals surface area contributed by atoms with Crippen LogP contribution in [0.15, 0.2) is 12.1 Å². The number of carboxylic acids is 1. The molecule has 18 heteroatoms. The van der Waals surface area contributed by atoms with E-state index in [2.05, 4.69) is 19.9 Å². The van der Waals surface area contributed by atoms with Gasteiger partial charge in [-0.1, -0.05) is 13.8 Å². The molecule has 2 atom stereocenters. The number of carbonyl (C=O) groups excluding carboxylic acids is 3. The third-order valence-electron chi connectivity index (χ3n) is 6.66. The summed E-state index contributed by atoms with van der Waals surface area (Å²) >= 11 is 2.38. The van der Waals surface area contributed by atoms with Crippen LogP contribution in [0.1, 0.15) is 58.9 Å².